The molecule has 0 aromatic rings. The van der Waals surface area contributed by atoms with Crippen LogP contribution in [-0.4, -0.2) is 36.9 Å². The number of rotatable bonds is 9. The summed E-state index contributed by atoms with van der Waals surface area (Å²) in [7, 11) is -1.00. The average molecular weight is 304 g/mol. The van der Waals surface area contributed by atoms with Crippen LogP contribution >= 0.6 is 7.37 Å². The Bertz CT molecular complexity index is 356. The maximum atomic E-state index is 12.0. The van der Waals surface area contributed by atoms with E-state index in [9.17, 15) is 14.5 Å². The molecule has 4 nitrogen and oxygen atoms in total. The van der Waals surface area contributed by atoms with Crippen LogP contribution in [0, 0.1) is 11.8 Å². The van der Waals surface area contributed by atoms with E-state index >= 15 is 0 Å². The molecule has 1 fully saturated rings. The van der Waals surface area contributed by atoms with Gasteiger partial charge in [-0.15, -0.1) is 0 Å². The van der Waals surface area contributed by atoms with Crippen LogP contribution in [0.3, 0.4) is 0 Å². The second-order valence-corrected chi connectivity index (χ2v) is 8.91. The van der Waals surface area contributed by atoms with Crippen molar-refractivity contribution in [3.63, 3.8) is 0 Å². The molecule has 0 heterocycles. The van der Waals surface area contributed by atoms with Gasteiger partial charge in [-0.2, -0.15) is 0 Å². The third-order valence-corrected chi connectivity index (χ3v) is 6.34. The minimum Gasteiger partial charge on any atom is -0.392 e. The molecule has 0 aromatic carbocycles. The first-order chi connectivity index (χ1) is 9.41. The fourth-order valence-corrected chi connectivity index (χ4v) is 4.04. The summed E-state index contributed by atoms with van der Waals surface area (Å²) in [4.78, 5) is 12.0. The first kappa shape index (κ1) is 17.9. The van der Waals surface area contributed by atoms with Crippen LogP contribution < -0.4 is 0 Å². The highest BCUT2D eigenvalue weighted by atomic mass is 31.2. The van der Waals surface area contributed by atoms with Gasteiger partial charge in [0, 0.05) is 32.3 Å². The van der Waals surface area contributed by atoms with Crippen molar-refractivity contribution in [1.29, 1.82) is 0 Å². The van der Waals surface area contributed by atoms with Gasteiger partial charge in [0.05, 0.1) is 6.10 Å². The van der Waals surface area contributed by atoms with Crippen molar-refractivity contribution in [2.75, 3.05) is 19.9 Å². The zero-order valence-corrected chi connectivity index (χ0v) is 13.9. The van der Waals surface area contributed by atoms with Crippen LogP contribution in [0.25, 0.3) is 0 Å². The number of carbonyl (C=O) groups is 1. The molecule has 0 saturated heterocycles. The van der Waals surface area contributed by atoms with Gasteiger partial charge in [0.25, 0.3) is 0 Å². The number of hydrogen-bond acceptors (Lipinski definition) is 4. The molecule has 4 unspecified atom stereocenters. The Balaban J connectivity index is 2.47. The molecule has 0 spiro atoms. The molecule has 1 N–H and O–H groups in total. The summed E-state index contributed by atoms with van der Waals surface area (Å²) in [5, 5.41) is 10.1. The summed E-state index contributed by atoms with van der Waals surface area (Å²) in [6.45, 7) is 3.79. The highest BCUT2D eigenvalue weighted by Gasteiger charge is 2.40. The van der Waals surface area contributed by atoms with Crippen LogP contribution in [-0.2, 0) is 13.9 Å². The minimum absolute atomic E-state index is 0.00957. The molecule has 0 bridgehead atoms. The topological polar surface area (TPSA) is 63.6 Å². The lowest BCUT2D eigenvalue weighted by molar-refractivity contribution is -0.121. The van der Waals surface area contributed by atoms with E-state index in [0.717, 1.165) is 38.5 Å². The average Bonchev–Trinajstić information content (AvgIpc) is 2.65. The Morgan fingerprint density at radius 1 is 1.30 bits per heavy atom. The van der Waals surface area contributed by atoms with Gasteiger partial charge in [0.1, 0.15) is 5.78 Å². The second-order valence-electron chi connectivity index (χ2n) is 6.07. The first-order valence-corrected chi connectivity index (χ1v) is 10.00. The number of aliphatic hydroxyl groups excluding tert-OH is 1. The fourth-order valence-electron chi connectivity index (χ4n) is 3.10. The van der Waals surface area contributed by atoms with Crippen LogP contribution in [0.1, 0.15) is 51.9 Å². The normalized spacial score (nSPS) is 29.6. The maximum absolute atomic E-state index is 12.0. The first-order valence-electron chi connectivity index (χ1n) is 7.74. The van der Waals surface area contributed by atoms with Crippen molar-refractivity contribution in [2.24, 2.45) is 11.8 Å². The summed E-state index contributed by atoms with van der Waals surface area (Å²) >= 11 is 0. The molecule has 4 atom stereocenters. The van der Waals surface area contributed by atoms with Gasteiger partial charge in [-0.05, 0) is 25.2 Å². The molecule has 5 heteroatoms. The Labute approximate surface area is 122 Å². The molecule has 20 heavy (non-hydrogen) atoms. The summed E-state index contributed by atoms with van der Waals surface area (Å²) < 4.78 is 16.8. The SMILES string of the molecule is CCCCCC1C(=O)CC(O)C1CCCP(C)(=O)OC. The quantitative estimate of drug-likeness (QED) is 0.523. The molecule has 1 aliphatic carbocycles. The number of carbonyl (C=O) groups excluding carboxylic acids is 1. The summed E-state index contributed by atoms with van der Waals surface area (Å²) in [6.07, 6.45) is 6.07. The number of unbranched alkanes of at least 4 members (excludes halogenated alkanes) is 2. The molecule has 118 valence electrons. The van der Waals surface area contributed by atoms with Crippen molar-refractivity contribution in [1.82, 2.24) is 0 Å². The number of Topliss-reactive ketones (excluding diaryl/α,β-unsaturated/α-hetero) is 1. The molecule has 1 aliphatic rings. The van der Waals surface area contributed by atoms with Crippen LogP contribution in [0.2, 0.25) is 0 Å². The molecule has 0 aliphatic heterocycles. The van der Waals surface area contributed by atoms with E-state index in [2.05, 4.69) is 6.92 Å². The third-order valence-electron chi connectivity index (χ3n) is 4.44. The molecule has 1 rings (SSSR count). The highest BCUT2D eigenvalue weighted by molar-refractivity contribution is 7.58. The van der Waals surface area contributed by atoms with Crippen molar-refractivity contribution in [3.8, 4) is 0 Å². The largest absolute Gasteiger partial charge is 0.392 e. The smallest absolute Gasteiger partial charge is 0.199 e. The number of hydrogen-bond donors (Lipinski definition) is 1. The standard InChI is InChI=1S/C15H29O4P/c1-4-5-6-8-12-13(15(17)11-14(12)16)9-7-10-20(3,18)19-2/h12-13,15,17H,4-11H2,1-3H3. The fraction of sp³-hybridized carbons (Fsp3) is 0.933. The van der Waals surface area contributed by atoms with E-state index in [4.69, 9.17) is 4.52 Å². The van der Waals surface area contributed by atoms with Crippen LogP contribution in [0.15, 0.2) is 0 Å². The zero-order chi connectivity index (χ0) is 15.2. The van der Waals surface area contributed by atoms with Gasteiger partial charge < -0.3 is 9.63 Å². The molecule has 0 aromatic heterocycles. The van der Waals surface area contributed by atoms with Gasteiger partial charge >= 0.3 is 0 Å². The van der Waals surface area contributed by atoms with Crippen LogP contribution in [0.4, 0.5) is 0 Å². The Morgan fingerprint density at radius 2 is 2.00 bits per heavy atom. The van der Waals surface area contributed by atoms with Crippen molar-refractivity contribution < 1.29 is 19.0 Å². The summed E-state index contributed by atoms with van der Waals surface area (Å²) in [5.41, 5.74) is 0. The van der Waals surface area contributed by atoms with E-state index in [1.54, 1.807) is 6.66 Å². The Kier molecular flexibility index (Phi) is 7.42. The van der Waals surface area contributed by atoms with Gasteiger partial charge in [0.15, 0.2) is 7.37 Å². The molecule has 1 saturated carbocycles. The van der Waals surface area contributed by atoms with Gasteiger partial charge in [-0.1, -0.05) is 26.2 Å². The lowest BCUT2D eigenvalue weighted by atomic mass is 9.86. The van der Waals surface area contributed by atoms with E-state index in [-0.39, 0.29) is 17.6 Å². The van der Waals surface area contributed by atoms with Gasteiger partial charge in [-0.3, -0.25) is 9.36 Å². The molecular weight excluding hydrogens is 275 g/mol. The zero-order valence-electron chi connectivity index (χ0n) is 13.0. The molecular formula is C15H29O4P. The Morgan fingerprint density at radius 3 is 2.60 bits per heavy atom. The predicted molar refractivity (Wildman–Crippen MR) is 81.4 cm³/mol. The third kappa shape index (κ3) is 5.31. The van der Waals surface area contributed by atoms with Gasteiger partial charge in [0.2, 0.25) is 0 Å². The van der Waals surface area contributed by atoms with Gasteiger partial charge in [-0.25, -0.2) is 0 Å². The van der Waals surface area contributed by atoms with Crippen LogP contribution in [0.5, 0.6) is 0 Å². The number of ketones is 1. The maximum Gasteiger partial charge on any atom is 0.199 e. The molecule has 0 radical (unpaired) electrons. The van der Waals surface area contributed by atoms with Crippen molar-refractivity contribution in [2.45, 2.75) is 58.0 Å². The van der Waals surface area contributed by atoms with E-state index in [1.807, 2.05) is 0 Å². The Hall–Kier alpha value is -0.180. The number of aliphatic hydroxyl groups is 1. The van der Waals surface area contributed by atoms with E-state index < -0.39 is 13.5 Å². The predicted octanol–water partition coefficient (Wildman–Crippen LogP) is 3.47. The minimum atomic E-state index is -2.48. The highest BCUT2D eigenvalue weighted by Crippen LogP contribution is 2.44. The summed E-state index contributed by atoms with van der Waals surface area (Å²) in [5.74, 6) is 0.275. The van der Waals surface area contributed by atoms with E-state index in [1.165, 1.54) is 7.11 Å². The monoisotopic (exact) mass is 304 g/mol. The lowest BCUT2D eigenvalue weighted by Gasteiger charge is -2.21. The van der Waals surface area contributed by atoms with E-state index in [0.29, 0.717) is 12.6 Å². The van der Waals surface area contributed by atoms with Crippen molar-refractivity contribution >= 4 is 13.2 Å². The molecule has 0 amide bonds. The van der Waals surface area contributed by atoms with Crippen molar-refractivity contribution in [3.05, 3.63) is 0 Å². The second kappa shape index (κ2) is 8.31. The lowest BCUT2D eigenvalue weighted by Crippen LogP contribution is -2.21. The summed E-state index contributed by atoms with van der Waals surface area (Å²) in [6, 6.07) is 0.